The Morgan fingerprint density at radius 1 is 0.967 bits per heavy atom. The van der Waals surface area contributed by atoms with Crippen LogP contribution in [0.1, 0.15) is 26.3 Å². The lowest BCUT2D eigenvalue weighted by atomic mass is 10.2. The number of amides is 1. The molecule has 150 valence electrons. The smallest absolute Gasteiger partial charge is 0.343 e. The van der Waals surface area contributed by atoms with Crippen molar-refractivity contribution in [2.45, 2.75) is 0 Å². The molecule has 7 nitrogen and oxygen atoms in total. The van der Waals surface area contributed by atoms with Crippen LogP contribution in [-0.4, -0.2) is 24.9 Å². The zero-order valence-electron chi connectivity index (χ0n) is 15.5. The topological polar surface area (TPSA) is 86.2 Å². The summed E-state index contributed by atoms with van der Waals surface area (Å²) < 4.78 is 16.8. The molecular weight excluding hydrogens is 452 g/mol. The van der Waals surface area contributed by atoms with Crippen LogP contribution in [-0.2, 0) is 0 Å². The summed E-state index contributed by atoms with van der Waals surface area (Å²) in [6, 6.07) is 18.6. The molecule has 0 bridgehead atoms. The van der Waals surface area contributed by atoms with Crippen molar-refractivity contribution in [3.63, 3.8) is 0 Å². The number of esters is 1. The van der Waals surface area contributed by atoms with Crippen LogP contribution in [0.4, 0.5) is 0 Å². The number of benzene rings is 3. The summed E-state index contributed by atoms with van der Waals surface area (Å²) in [6.45, 7) is 0.131. The number of ether oxygens (including phenoxy) is 3. The Morgan fingerprint density at radius 2 is 1.77 bits per heavy atom. The lowest BCUT2D eigenvalue weighted by Gasteiger charge is -2.08. The maximum absolute atomic E-state index is 12.3. The maximum atomic E-state index is 12.3. The van der Waals surface area contributed by atoms with Crippen molar-refractivity contribution in [2.24, 2.45) is 5.10 Å². The molecule has 0 aliphatic carbocycles. The first-order valence-electron chi connectivity index (χ1n) is 8.90. The summed E-state index contributed by atoms with van der Waals surface area (Å²) in [5, 5.41) is 3.98. The summed E-state index contributed by atoms with van der Waals surface area (Å²) >= 11 is 3.38. The molecule has 0 aromatic heterocycles. The average Bonchev–Trinajstić information content (AvgIpc) is 3.24. The van der Waals surface area contributed by atoms with Crippen molar-refractivity contribution in [2.75, 3.05) is 6.79 Å². The van der Waals surface area contributed by atoms with Gasteiger partial charge in [-0.05, 0) is 48.5 Å². The molecule has 1 N–H and O–H groups in total. The summed E-state index contributed by atoms with van der Waals surface area (Å²) in [5.41, 5.74) is 3.77. The van der Waals surface area contributed by atoms with Gasteiger partial charge in [0.25, 0.3) is 5.91 Å². The van der Waals surface area contributed by atoms with Crippen LogP contribution in [0, 0.1) is 0 Å². The quantitative estimate of drug-likeness (QED) is 0.264. The van der Waals surface area contributed by atoms with Crippen LogP contribution >= 0.6 is 15.9 Å². The van der Waals surface area contributed by atoms with E-state index in [1.54, 1.807) is 60.7 Å². The first-order valence-corrected chi connectivity index (χ1v) is 9.69. The second kappa shape index (κ2) is 8.79. The number of nitrogens with one attached hydrogen (secondary N) is 1. The van der Waals surface area contributed by atoms with E-state index >= 15 is 0 Å². The number of hydrogen-bond donors (Lipinski definition) is 1. The summed E-state index contributed by atoms with van der Waals surface area (Å²) in [5.74, 6) is 0.510. The summed E-state index contributed by atoms with van der Waals surface area (Å²) in [4.78, 5) is 24.7. The largest absolute Gasteiger partial charge is 0.454 e. The SMILES string of the molecule is O=C(N/N=C/c1cc(Br)ccc1OC(=O)c1ccccc1)c1ccc2c(c1)OCO2. The van der Waals surface area contributed by atoms with Gasteiger partial charge in [0.15, 0.2) is 11.5 Å². The van der Waals surface area contributed by atoms with Crippen molar-refractivity contribution < 1.29 is 23.8 Å². The van der Waals surface area contributed by atoms with E-state index in [1.807, 2.05) is 6.07 Å². The molecule has 3 aromatic rings. The van der Waals surface area contributed by atoms with Gasteiger partial charge < -0.3 is 14.2 Å². The number of hydrogen-bond acceptors (Lipinski definition) is 6. The van der Waals surface area contributed by atoms with Crippen LogP contribution in [0.3, 0.4) is 0 Å². The Morgan fingerprint density at radius 3 is 2.60 bits per heavy atom. The predicted octanol–water partition coefficient (Wildman–Crippen LogP) is 4.16. The van der Waals surface area contributed by atoms with Gasteiger partial charge in [0.05, 0.1) is 11.8 Å². The normalized spacial score (nSPS) is 12.0. The van der Waals surface area contributed by atoms with Crippen LogP contribution in [0.5, 0.6) is 17.2 Å². The van der Waals surface area contributed by atoms with Gasteiger partial charge in [0, 0.05) is 15.6 Å². The second-order valence-electron chi connectivity index (χ2n) is 6.20. The fourth-order valence-corrected chi connectivity index (χ4v) is 3.09. The van der Waals surface area contributed by atoms with Crippen molar-refractivity contribution in [3.05, 3.63) is 87.9 Å². The Balaban J connectivity index is 1.47. The van der Waals surface area contributed by atoms with Gasteiger partial charge in [-0.2, -0.15) is 5.10 Å². The fraction of sp³-hybridized carbons (Fsp3) is 0.0455. The highest BCUT2D eigenvalue weighted by Crippen LogP contribution is 2.32. The highest BCUT2D eigenvalue weighted by molar-refractivity contribution is 9.10. The molecule has 0 saturated carbocycles. The minimum absolute atomic E-state index is 0.131. The molecule has 1 heterocycles. The second-order valence-corrected chi connectivity index (χ2v) is 7.12. The number of fused-ring (bicyclic) bond motifs is 1. The number of rotatable bonds is 5. The van der Waals surface area contributed by atoms with Gasteiger partial charge in [-0.3, -0.25) is 4.79 Å². The van der Waals surface area contributed by atoms with Gasteiger partial charge >= 0.3 is 5.97 Å². The van der Waals surface area contributed by atoms with Crippen molar-refractivity contribution in [1.82, 2.24) is 5.43 Å². The number of nitrogens with zero attached hydrogens (tertiary/aromatic N) is 1. The zero-order chi connectivity index (χ0) is 20.9. The van der Waals surface area contributed by atoms with E-state index in [9.17, 15) is 9.59 Å². The van der Waals surface area contributed by atoms with Gasteiger partial charge in [0.1, 0.15) is 5.75 Å². The molecule has 4 rings (SSSR count). The molecule has 0 atom stereocenters. The van der Waals surface area contributed by atoms with Gasteiger partial charge in [-0.25, -0.2) is 10.2 Å². The van der Waals surface area contributed by atoms with Crippen LogP contribution < -0.4 is 19.6 Å². The van der Waals surface area contributed by atoms with E-state index in [0.29, 0.717) is 33.9 Å². The molecule has 1 amide bonds. The summed E-state index contributed by atoms with van der Waals surface area (Å²) in [7, 11) is 0. The monoisotopic (exact) mass is 466 g/mol. The molecule has 8 heteroatoms. The molecular formula is C22H15BrN2O5. The highest BCUT2D eigenvalue weighted by atomic mass is 79.9. The molecule has 0 radical (unpaired) electrons. The number of halogens is 1. The first-order chi connectivity index (χ1) is 14.6. The Kier molecular flexibility index (Phi) is 5.76. The molecule has 1 aliphatic rings. The minimum atomic E-state index is -0.489. The third kappa shape index (κ3) is 4.49. The van der Waals surface area contributed by atoms with Gasteiger partial charge in [0.2, 0.25) is 6.79 Å². The van der Waals surface area contributed by atoms with E-state index in [4.69, 9.17) is 14.2 Å². The van der Waals surface area contributed by atoms with E-state index < -0.39 is 11.9 Å². The fourth-order valence-electron chi connectivity index (χ4n) is 2.71. The van der Waals surface area contributed by atoms with Gasteiger partial charge in [-0.15, -0.1) is 0 Å². The standard InChI is InChI=1S/C22H15BrN2O5/c23-17-7-9-18(30-22(27)14-4-2-1-3-5-14)16(10-17)12-24-25-21(26)15-6-8-19-20(11-15)29-13-28-19/h1-12H,13H2,(H,25,26)/b24-12+. The Bertz CT molecular complexity index is 1130. The molecule has 30 heavy (non-hydrogen) atoms. The molecule has 0 fully saturated rings. The maximum Gasteiger partial charge on any atom is 0.343 e. The molecule has 0 spiro atoms. The van der Waals surface area contributed by atoms with E-state index in [2.05, 4.69) is 26.5 Å². The molecule has 1 aliphatic heterocycles. The Labute approximate surface area is 180 Å². The Hall–Kier alpha value is -3.65. The van der Waals surface area contributed by atoms with Gasteiger partial charge in [-0.1, -0.05) is 34.1 Å². The molecule has 3 aromatic carbocycles. The average molecular weight is 467 g/mol. The predicted molar refractivity (Wildman–Crippen MR) is 113 cm³/mol. The third-order valence-electron chi connectivity index (χ3n) is 4.19. The van der Waals surface area contributed by atoms with Crippen LogP contribution in [0.25, 0.3) is 0 Å². The lowest BCUT2D eigenvalue weighted by molar-refractivity contribution is 0.0734. The number of hydrazone groups is 1. The lowest BCUT2D eigenvalue weighted by Crippen LogP contribution is -2.17. The first kappa shape index (κ1) is 19.7. The van der Waals surface area contributed by atoms with E-state index in [0.717, 1.165) is 4.47 Å². The van der Waals surface area contributed by atoms with E-state index in [1.165, 1.54) is 6.21 Å². The van der Waals surface area contributed by atoms with Crippen LogP contribution in [0.15, 0.2) is 76.3 Å². The third-order valence-corrected chi connectivity index (χ3v) is 4.68. The van der Waals surface area contributed by atoms with Crippen LogP contribution in [0.2, 0.25) is 0 Å². The highest BCUT2D eigenvalue weighted by Gasteiger charge is 2.16. The van der Waals surface area contributed by atoms with Crippen molar-refractivity contribution >= 4 is 34.0 Å². The van der Waals surface area contributed by atoms with E-state index in [-0.39, 0.29) is 6.79 Å². The molecule has 0 saturated heterocycles. The summed E-state index contributed by atoms with van der Waals surface area (Å²) in [6.07, 6.45) is 1.41. The van der Waals surface area contributed by atoms with Crippen molar-refractivity contribution in [3.8, 4) is 17.2 Å². The minimum Gasteiger partial charge on any atom is -0.454 e. The zero-order valence-corrected chi connectivity index (χ0v) is 17.1. The van der Waals surface area contributed by atoms with Crippen molar-refractivity contribution in [1.29, 1.82) is 0 Å². The number of carbonyl (C=O) groups excluding carboxylic acids is 2. The molecule has 0 unspecified atom stereocenters. The number of carbonyl (C=O) groups is 2.